The maximum absolute atomic E-state index is 13.1. The van der Waals surface area contributed by atoms with Crippen LogP contribution in [0.5, 0.6) is 0 Å². The first-order valence-electron chi connectivity index (χ1n) is 4.36. The van der Waals surface area contributed by atoms with Gasteiger partial charge in [-0.25, -0.2) is 4.79 Å². The number of halogens is 10. The molecule has 0 aromatic rings. The Kier molecular flexibility index (Phi) is 2.93. The molecule has 0 atom stereocenters. The van der Waals surface area contributed by atoms with Gasteiger partial charge in [0, 0.05) is 0 Å². The molecular formula is C7H3F10NO2. The smallest absolute Gasteiger partial charge is 0.384 e. The summed E-state index contributed by atoms with van der Waals surface area (Å²) in [4.78, 5) is 10.3. The van der Waals surface area contributed by atoms with Crippen molar-refractivity contribution in [3.8, 4) is 0 Å². The van der Waals surface area contributed by atoms with Crippen LogP contribution < -0.4 is 5.73 Å². The Morgan fingerprint density at radius 2 is 0.850 bits per heavy atom. The summed E-state index contributed by atoms with van der Waals surface area (Å²) >= 11 is 0. The molecule has 118 valence electrons. The van der Waals surface area contributed by atoms with Crippen molar-refractivity contribution in [2.24, 2.45) is 5.73 Å². The van der Waals surface area contributed by atoms with Crippen LogP contribution in [0.25, 0.3) is 0 Å². The maximum atomic E-state index is 13.1. The number of hydrogen-bond acceptors (Lipinski definition) is 2. The molecule has 3 N–H and O–H groups in total. The summed E-state index contributed by atoms with van der Waals surface area (Å²) < 4.78 is 129. The monoisotopic (exact) mass is 323 g/mol. The van der Waals surface area contributed by atoms with E-state index < -0.39 is 41.1 Å². The van der Waals surface area contributed by atoms with Crippen LogP contribution in [0, 0.1) is 0 Å². The lowest BCUT2D eigenvalue weighted by atomic mass is 9.69. The number of hydrogen-bond donors (Lipinski definition) is 2. The molecule has 13 heteroatoms. The molecule has 0 spiro atoms. The summed E-state index contributed by atoms with van der Waals surface area (Å²) in [6, 6.07) is 0. The number of rotatable bonds is 1. The van der Waals surface area contributed by atoms with Gasteiger partial charge in [-0.1, -0.05) is 0 Å². The van der Waals surface area contributed by atoms with Crippen LogP contribution in [0.1, 0.15) is 0 Å². The molecule has 1 aliphatic rings. The molecule has 0 heterocycles. The fourth-order valence-corrected chi connectivity index (χ4v) is 1.55. The van der Waals surface area contributed by atoms with Gasteiger partial charge in [0.05, 0.1) is 0 Å². The molecule has 1 rings (SSSR count). The second-order valence-electron chi connectivity index (χ2n) is 3.99. The molecule has 0 saturated heterocycles. The van der Waals surface area contributed by atoms with Crippen molar-refractivity contribution < 1.29 is 53.8 Å². The van der Waals surface area contributed by atoms with Gasteiger partial charge in [-0.15, -0.1) is 0 Å². The Bertz CT molecular complexity index is 429. The third kappa shape index (κ3) is 1.20. The molecule has 0 aliphatic heterocycles. The van der Waals surface area contributed by atoms with Gasteiger partial charge in [0.25, 0.3) is 5.54 Å². The predicted molar refractivity (Wildman–Crippen MR) is 39.3 cm³/mol. The zero-order valence-corrected chi connectivity index (χ0v) is 8.71. The molecule has 0 aromatic heterocycles. The van der Waals surface area contributed by atoms with Gasteiger partial charge in [-0.05, 0) is 0 Å². The molecule has 0 bridgehead atoms. The number of carboxylic acids is 1. The van der Waals surface area contributed by atoms with Crippen LogP contribution in [-0.2, 0) is 4.79 Å². The molecule has 0 aromatic carbocycles. The van der Waals surface area contributed by atoms with Crippen molar-refractivity contribution in [1.82, 2.24) is 0 Å². The minimum absolute atomic E-state index is 3.69. The first-order valence-corrected chi connectivity index (χ1v) is 4.36. The summed E-state index contributed by atoms with van der Waals surface area (Å²) in [5.74, 6) is -38.9. The highest BCUT2D eigenvalue weighted by Crippen LogP contribution is 2.67. The van der Waals surface area contributed by atoms with Gasteiger partial charge in [0.2, 0.25) is 0 Å². The van der Waals surface area contributed by atoms with Gasteiger partial charge in [-0.2, -0.15) is 43.9 Å². The van der Waals surface area contributed by atoms with Crippen molar-refractivity contribution in [2.45, 2.75) is 35.2 Å². The van der Waals surface area contributed by atoms with Crippen molar-refractivity contribution >= 4 is 5.97 Å². The van der Waals surface area contributed by atoms with E-state index >= 15 is 0 Å². The van der Waals surface area contributed by atoms with Crippen LogP contribution in [0.15, 0.2) is 0 Å². The number of alkyl halides is 10. The van der Waals surface area contributed by atoms with Crippen LogP contribution >= 0.6 is 0 Å². The lowest BCUT2D eigenvalue weighted by molar-refractivity contribution is -0.461. The highest BCUT2D eigenvalue weighted by Gasteiger charge is 3.01. The van der Waals surface area contributed by atoms with Crippen LogP contribution in [0.2, 0.25) is 0 Å². The minimum atomic E-state index is -7.23. The first kappa shape index (κ1) is 16.8. The molecule has 0 radical (unpaired) electrons. The minimum Gasteiger partial charge on any atom is -0.480 e. The Balaban J connectivity index is 3.88. The van der Waals surface area contributed by atoms with Gasteiger partial charge < -0.3 is 10.8 Å². The summed E-state index contributed by atoms with van der Waals surface area (Å²) in [6.45, 7) is 0. The Labute approximate surface area is 102 Å². The number of aliphatic carboxylic acids is 1. The van der Waals surface area contributed by atoms with Crippen molar-refractivity contribution in [1.29, 1.82) is 0 Å². The zero-order valence-electron chi connectivity index (χ0n) is 8.71. The number of carbonyl (C=O) groups is 1. The SMILES string of the molecule is NC1(C(=O)O)C(F)(F)C(F)(F)C(F)(F)C(F)(F)C1(F)F. The summed E-state index contributed by atoms with van der Waals surface area (Å²) in [6.07, 6.45) is 0. The summed E-state index contributed by atoms with van der Waals surface area (Å²) in [7, 11) is 0. The normalized spacial score (nSPS) is 31.6. The predicted octanol–water partition coefficient (Wildman–Crippen LogP) is 1.96. The van der Waals surface area contributed by atoms with Crippen molar-refractivity contribution in [3.05, 3.63) is 0 Å². The molecule has 1 saturated carbocycles. The average Bonchev–Trinajstić information content (AvgIpc) is 2.24. The Hall–Kier alpha value is -1.27. The van der Waals surface area contributed by atoms with Crippen LogP contribution in [0.4, 0.5) is 43.9 Å². The van der Waals surface area contributed by atoms with E-state index in [4.69, 9.17) is 5.11 Å². The molecule has 1 fully saturated rings. The van der Waals surface area contributed by atoms with Gasteiger partial charge >= 0.3 is 35.6 Å². The summed E-state index contributed by atoms with van der Waals surface area (Å²) in [5, 5.41) is 8.11. The fourth-order valence-electron chi connectivity index (χ4n) is 1.55. The van der Waals surface area contributed by atoms with E-state index in [-0.39, 0.29) is 0 Å². The van der Waals surface area contributed by atoms with Crippen LogP contribution in [0.3, 0.4) is 0 Å². The number of nitrogens with two attached hydrogens (primary N) is 1. The second-order valence-corrected chi connectivity index (χ2v) is 3.99. The van der Waals surface area contributed by atoms with E-state index in [2.05, 4.69) is 5.73 Å². The molecule has 20 heavy (non-hydrogen) atoms. The van der Waals surface area contributed by atoms with Gasteiger partial charge in [0.15, 0.2) is 0 Å². The van der Waals surface area contributed by atoms with E-state index in [1.165, 1.54) is 0 Å². The molecule has 3 nitrogen and oxygen atoms in total. The third-order valence-electron chi connectivity index (χ3n) is 2.91. The lowest BCUT2D eigenvalue weighted by Gasteiger charge is -2.52. The van der Waals surface area contributed by atoms with E-state index in [0.29, 0.717) is 0 Å². The zero-order chi connectivity index (χ0) is 16.6. The van der Waals surface area contributed by atoms with Crippen molar-refractivity contribution in [2.75, 3.05) is 0 Å². The molecular weight excluding hydrogens is 320 g/mol. The summed E-state index contributed by atoms with van der Waals surface area (Å²) in [5.41, 5.74) is -2.10. The lowest BCUT2D eigenvalue weighted by Crippen LogP contribution is -2.89. The van der Waals surface area contributed by atoms with Crippen LogP contribution in [-0.4, -0.2) is 46.2 Å². The standard InChI is InChI=1S/C7H3F10NO2/c8-3(9)2(18,1(19)20)4(10,11)6(14,15)7(16,17)5(3,12)13/h18H2,(H,19,20). The van der Waals surface area contributed by atoms with E-state index in [1.807, 2.05) is 0 Å². The highest BCUT2D eigenvalue weighted by molar-refractivity contribution is 5.83. The topological polar surface area (TPSA) is 63.3 Å². The highest BCUT2D eigenvalue weighted by atomic mass is 19.4. The largest absolute Gasteiger partial charge is 0.480 e. The Morgan fingerprint density at radius 1 is 0.650 bits per heavy atom. The molecule has 0 amide bonds. The van der Waals surface area contributed by atoms with E-state index in [9.17, 15) is 48.7 Å². The molecule has 0 unspecified atom stereocenters. The van der Waals surface area contributed by atoms with Gasteiger partial charge in [0.1, 0.15) is 0 Å². The maximum Gasteiger partial charge on any atom is 0.384 e. The van der Waals surface area contributed by atoms with E-state index in [1.54, 1.807) is 0 Å². The molecule has 1 aliphatic carbocycles. The quantitative estimate of drug-likeness (QED) is 0.725. The fraction of sp³-hybridized carbons (Fsp3) is 0.857. The first-order chi connectivity index (χ1) is 8.44. The third-order valence-corrected chi connectivity index (χ3v) is 2.91. The van der Waals surface area contributed by atoms with E-state index in [0.717, 1.165) is 0 Å². The Morgan fingerprint density at radius 3 is 1.05 bits per heavy atom. The number of carboxylic acid groups (broad SMARTS) is 1. The van der Waals surface area contributed by atoms with Crippen molar-refractivity contribution in [3.63, 3.8) is 0 Å². The second kappa shape index (κ2) is 3.49. The van der Waals surface area contributed by atoms with Gasteiger partial charge in [-0.3, -0.25) is 0 Å². The average molecular weight is 323 g/mol.